The van der Waals surface area contributed by atoms with Gasteiger partial charge in [-0.2, -0.15) is 0 Å². The fourth-order valence-corrected chi connectivity index (χ4v) is 2.53. The zero-order valence-corrected chi connectivity index (χ0v) is 13.3. The van der Waals surface area contributed by atoms with Crippen molar-refractivity contribution in [2.75, 3.05) is 52.9 Å². The van der Waals surface area contributed by atoms with Gasteiger partial charge in [-0.05, 0) is 39.5 Å². The molecule has 0 radical (unpaired) electrons. The van der Waals surface area contributed by atoms with Crippen LogP contribution < -0.4 is 5.32 Å². The van der Waals surface area contributed by atoms with Crippen molar-refractivity contribution in [2.45, 2.75) is 45.8 Å². The van der Waals surface area contributed by atoms with Crippen LogP contribution in [-0.4, -0.2) is 74.9 Å². The quantitative estimate of drug-likeness (QED) is 0.686. The minimum atomic E-state index is 0.365. The second kappa shape index (κ2) is 9.70. The van der Waals surface area contributed by atoms with Gasteiger partial charge in [0, 0.05) is 25.7 Å². The van der Waals surface area contributed by atoms with Gasteiger partial charge in [0.05, 0.1) is 12.7 Å². The Bertz CT molecular complexity index is 223. The molecule has 0 saturated carbocycles. The summed E-state index contributed by atoms with van der Waals surface area (Å²) in [5, 5.41) is 3.47. The van der Waals surface area contributed by atoms with Crippen LogP contribution in [0.3, 0.4) is 0 Å². The summed E-state index contributed by atoms with van der Waals surface area (Å²) in [5.74, 6) is 0. The highest BCUT2D eigenvalue weighted by molar-refractivity contribution is 4.74. The Labute approximate surface area is 119 Å². The number of ether oxygens (including phenoxy) is 1. The van der Waals surface area contributed by atoms with Crippen molar-refractivity contribution < 1.29 is 4.74 Å². The molecule has 0 aromatic rings. The lowest BCUT2D eigenvalue weighted by Crippen LogP contribution is -2.48. The van der Waals surface area contributed by atoms with Gasteiger partial charge in [-0.1, -0.05) is 20.8 Å². The standard InChI is InChI=1S/C15H33N3O/c1-5-7-17(4)8-6-9-18-10-11-19-15(13-18)12-16-14(2)3/h14-16H,5-13H2,1-4H3/t15-/m0/s1. The van der Waals surface area contributed by atoms with E-state index in [1.165, 1.54) is 32.5 Å². The Hall–Kier alpha value is -0.160. The minimum absolute atomic E-state index is 0.365. The zero-order chi connectivity index (χ0) is 14.1. The molecule has 0 aromatic carbocycles. The van der Waals surface area contributed by atoms with Gasteiger partial charge in [0.15, 0.2) is 0 Å². The Kier molecular flexibility index (Phi) is 8.62. The largest absolute Gasteiger partial charge is 0.374 e. The van der Waals surface area contributed by atoms with Crippen molar-refractivity contribution in [1.82, 2.24) is 15.1 Å². The van der Waals surface area contributed by atoms with Gasteiger partial charge in [0.1, 0.15) is 0 Å². The Morgan fingerprint density at radius 1 is 1.37 bits per heavy atom. The summed E-state index contributed by atoms with van der Waals surface area (Å²) in [6, 6.07) is 0.543. The molecule has 114 valence electrons. The lowest BCUT2D eigenvalue weighted by Gasteiger charge is -2.33. The lowest BCUT2D eigenvalue weighted by molar-refractivity contribution is -0.0284. The Morgan fingerprint density at radius 3 is 2.84 bits per heavy atom. The van der Waals surface area contributed by atoms with Crippen molar-refractivity contribution in [3.8, 4) is 0 Å². The predicted octanol–water partition coefficient (Wildman–Crippen LogP) is 1.42. The van der Waals surface area contributed by atoms with Crippen molar-refractivity contribution >= 4 is 0 Å². The van der Waals surface area contributed by atoms with E-state index in [0.717, 1.165) is 26.2 Å². The third kappa shape index (κ3) is 7.88. The molecule has 4 heteroatoms. The summed E-state index contributed by atoms with van der Waals surface area (Å²) in [6.07, 6.45) is 2.88. The van der Waals surface area contributed by atoms with E-state index in [-0.39, 0.29) is 0 Å². The maximum Gasteiger partial charge on any atom is 0.0826 e. The van der Waals surface area contributed by atoms with E-state index < -0.39 is 0 Å². The summed E-state index contributed by atoms with van der Waals surface area (Å²) >= 11 is 0. The fourth-order valence-electron chi connectivity index (χ4n) is 2.53. The van der Waals surface area contributed by atoms with Crippen LogP contribution in [0.5, 0.6) is 0 Å². The van der Waals surface area contributed by atoms with Crippen molar-refractivity contribution in [2.24, 2.45) is 0 Å². The van der Waals surface area contributed by atoms with Crippen molar-refractivity contribution in [3.05, 3.63) is 0 Å². The molecule has 0 spiro atoms. The summed E-state index contributed by atoms with van der Waals surface area (Å²) in [7, 11) is 2.22. The highest BCUT2D eigenvalue weighted by atomic mass is 16.5. The molecule has 1 rings (SSSR count). The smallest absolute Gasteiger partial charge is 0.0826 e. The Morgan fingerprint density at radius 2 is 2.16 bits per heavy atom. The second-order valence-corrected chi connectivity index (χ2v) is 6.01. The van der Waals surface area contributed by atoms with Crippen LogP contribution in [0.1, 0.15) is 33.6 Å². The first-order valence-corrected chi connectivity index (χ1v) is 7.87. The molecule has 0 bridgehead atoms. The second-order valence-electron chi connectivity index (χ2n) is 6.01. The molecule has 4 nitrogen and oxygen atoms in total. The van der Waals surface area contributed by atoms with Gasteiger partial charge in [-0.15, -0.1) is 0 Å². The van der Waals surface area contributed by atoms with Gasteiger partial charge in [0.25, 0.3) is 0 Å². The summed E-state index contributed by atoms with van der Waals surface area (Å²) in [4.78, 5) is 4.98. The van der Waals surface area contributed by atoms with Crippen LogP contribution in [0, 0.1) is 0 Å². The lowest BCUT2D eigenvalue weighted by atomic mass is 10.2. The summed E-state index contributed by atoms with van der Waals surface area (Å²) in [6.45, 7) is 14.3. The van der Waals surface area contributed by atoms with Crippen LogP contribution in [-0.2, 0) is 4.74 Å². The van der Waals surface area contributed by atoms with Gasteiger partial charge >= 0.3 is 0 Å². The van der Waals surface area contributed by atoms with Crippen molar-refractivity contribution in [3.63, 3.8) is 0 Å². The summed E-state index contributed by atoms with van der Waals surface area (Å²) < 4.78 is 5.81. The third-order valence-corrected chi connectivity index (χ3v) is 3.60. The molecular formula is C15H33N3O. The molecule has 1 N–H and O–H groups in total. The maximum atomic E-state index is 5.81. The van der Waals surface area contributed by atoms with Gasteiger partial charge in [0.2, 0.25) is 0 Å². The van der Waals surface area contributed by atoms with E-state index in [0.29, 0.717) is 12.1 Å². The van der Waals surface area contributed by atoms with E-state index in [9.17, 15) is 0 Å². The van der Waals surface area contributed by atoms with Crippen molar-refractivity contribution in [1.29, 1.82) is 0 Å². The molecule has 0 aliphatic carbocycles. The van der Waals surface area contributed by atoms with E-state index >= 15 is 0 Å². The summed E-state index contributed by atoms with van der Waals surface area (Å²) in [5.41, 5.74) is 0. The molecule has 0 amide bonds. The Balaban J connectivity index is 2.12. The molecule has 0 unspecified atom stereocenters. The number of hydrogen-bond donors (Lipinski definition) is 1. The van der Waals surface area contributed by atoms with E-state index in [4.69, 9.17) is 4.74 Å². The SMILES string of the molecule is CCCN(C)CCCN1CCO[C@@H](CNC(C)C)C1. The first kappa shape index (κ1) is 16.9. The average molecular weight is 271 g/mol. The van der Waals surface area contributed by atoms with Crippen LogP contribution in [0.4, 0.5) is 0 Å². The normalized spacial score (nSPS) is 21.5. The van der Waals surface area contributed by atoms with Gasteiger partial charge in [-0.25, -0.2) is 0 Å². The molecule has 0 aromatic heterocycles. The highest BCUT2D eigenvalue weighted by Gasteiger charge is 2.19. The average Bonchev–Trinajstić information content (AvgIpc) is 2.37. The zero-order valence-electron chi connectivity index (χ0n) is 13.3. The van der Waals surface area contributed by atoms with Crippen LogP contribution in [0.2, 0.25) is 0 Å². The van der Waals surface area contributed by atoms with E-state index in [1.807, 2.05) is 0 Å². The predicted molar refractivity (Wildman–Crippen MR) is 81.7 cm³/mol. The number of rotatable bonds is 9. The monoisotopic (exact) mass is 271 g/mol. The molecule has 19 heavy (non-hydrogen) atoms. The minimum Gasteiger partial charge on any atom is -0.374 e. The van der Waals surface area contributed by atoms with Crippen LogP contribution in [0.15, 0.2) is 0 Å². The molecule has 1 fully saturated rings. The van der Waals surface area contributed by atoms with Crippen LogP contribution in [0.25, 0.3) is 0 Å². The van der Waals surface area contributed by atoms with Crippen LogP contribution >= 0.6 is 0 Å². The molecule has 1 heterocycles. The molecule has 1 aliphatic rings. The molecule has 1 aliphatic heterocycles. The molecular weight excluding hydrogens is 238 g/mol. The maximum absolute atomic E-state index is 5.81. The topological polar surface area (TPSA) is 27.7 Å². The fraction of sp³-hybridized carbons (Fsp3) is 1.00. The molecule has 1 saturated heterocycles. The number of nitrogens with one attached hydrogen (secondary N) is 1. The number of nitrogens with zero attached hydrogens (tertiary/aromatic N) is 2. The van der Waals surface area contributed by atoms with Gasteiger partial charge in [-0.3, -0.25) is 4.90 Å². The number of morpholine rings is 1. The molecule has 1 atom stereocenters. The van der Waals surface area contributed by atoms with E-state index in [2.05, 4.69) is 42.9 Å². The van der Waals surface area contributed by atoms with E-state index in [1.54, 1.807) is 0 Å². The number of hydrogen-bond acceptors (Lipinski definition) is 4. The highest BCUT2D eigenvalue weighted by Crippen LogP contribution is 2.05. The third-order valence-electron chi connectivity index (χ3n) is 3.60. The first-order valence-electron chi connectivity index (χ1n) is 7.87. The first-order chi connectivity index (χ1) is 9.11. The van der Waals surface area contributed by atoms with Gasteiger partial charge < -0.3 is 15.0 Å².